The fourth-order valence-corrected chi connectivity index (χ4v) is 1.48. The Morgan fingerprint density at radius 1 is 1.32 bits per heavy atom. The summed E-state index contributed by atoms with van der Waals surface area (Å²) in [7, 11) is 0. The molecule has 0 heterocycles. The Morgan fingerprint density at radius 2 is 1.95 bits per heavy atom. The molecule has 0 aliphatic rings. The Hall–Kier alpha value is -1.26. The third kappa shape index (κ3) is 7.03. The lowest BCUT2D eigenvalue weighted by atomic mass is 10.0. The molecule has 0 saturated heterocycles. The maximum absolute atomic E-state index is 11.4. The first-order valence-corrected chi connectivity index (χ1v) is 6.33. The van der Waals surface area contributed by atoms with E-state index in [4.69, 9.17) is 10.5 Å². The van der Waals surface area contributed by atoms with Crippen molar-refractivity contribution < 1.29 is 9.53 Å². The molecule has 1 aromatic carbocycles. The van der Waals surface area contributed by atoms with Crippen molar-refractivity contribution in [3.63, 3.8) is 0 Å². The lowest BCUT2D eigenvalue weighted by molar-refractivity contribution is -0.123. The molecule has 0 aliphatic heterocycles. The van der Waals surface area contributed by atoms with Crippen LogP contribution in [0, 0.1) is 0 Å². The van der Waals surface area contributed by atoms with Crippen LogP contribution in [0.1, 0.15) is 31.7 Å². The Balaban J connectivity index is 0.00000324. The van der Waals surface area contributed by atoms with Gasteiger partial charge in [0, 0.05) is 6.54 Å². The van der Waals surface area contributed by atoms with Gasteiger partial charge in [0.15, 0.2) is 6.61 Å². The summed E-state index contributed by atoms with van der Waals surface area (Å²) in [6.45, 7) is 5.51. The van der Waals surface area contributed by atoms with E-state index in [9.17, 15) is 4.79 Å². The number of hydrogen-bond donors (Lipinski definition) is 2. The second-order valence-electron chi connectivity index (χ2n) is 4.50. The molecule has 0 saturated carbocycles. The number of rotatable bonds is 7. The third-order valence-electron chi connectivity index (χ3n) is 2.62. The molecular weight excluding hydrogens is 264 g/mol. The summed E-state index contributed by atoms with van der Waals surface area (Å²) in [4.78, 5) is 11.4. The van der Waals surface area contributed by atoms with E-state index in [1.165, 1.54) is 5.56 Å². The molecule has 0 fully saturated rings. The highest BCUT2D eigenvalue weighted by atomic mass is 35.5. The second kappa shape index (κ2) is 9.64. The van der Waals surface area contributed by atoms with Gasteiger partial charge in [-0.25, -0.2) is 0 Å². The Morgan fingerprint density at radius 3 is 2.47 bits per heavy atom. The lowest BCUT2D eigenvalue weighted by Gasteiger charge is -2.09. The van der Waals surface area contributed by atoms with Crippen molar-refractivity contribution in [1.82, 2.24) is 5.32 Å². The average Bonchev–Trinajstić information content (AvgIpc) is 2.37. The van der Waals surface area contributed by atoms with E-state index < -0.39 is 0 Å². The molecule has 1 amide bonds. The van der Waals surface area contributed by atoms with Crippen LogP contribution in [0.3, 0.4) is 0 Å². The van der Waals surface area contributed by atoms with Crippen LogP contribution in [0.15, 0.2) is 24.3 Å². The molecule has 3 N–H and O–H groups in total. The van der Waals surface area contributed by atoms with E-state index >= 15 is 0 Å². The van der Waals surface area contributed by atoms with Crippen molar-refractivity contribution in [2.45, 2.75) is 26.2 Å². The molecule has 0 spiro atoms. The Kier molecular flexibility index (Phi) is 9.00. The number of carbonyl (C=O) groups is 1. The predicted octanol–water partition coefficient (Wildman–Crippen LogP) is 2.08. The van der Waals surface area contributed by atoms with Crippen molar-refractivity contribution in [2.75, 3.05) is 19.7 Å². The first-order valence-electron chi connectivity index (χ1n) is 6.33. The topological polar surface area (TPSA) is 64.3 Å². The summed E-state index contributed by atoms with van der Waals surface area (Å²) in [5.74, 6) is 1.10. The molecule has 108 valence electrons. The molecule has 4 nitrogen and oxygen atoms in total. The first-order chi connectivity index (χ1) is 8.63. The highest BCUT2D eigenvalue weighted by Gasteiger charge is 2.03. The van der Waals surface area contributed by atoms with Crippen molar-refractivity contribution in [2.24, 2.45) is 5.73 Å². The monoisotopic (exact) mass is 286 g/mol. The van der Waals surface area contributed by atoms with Gasteiger partial charge in [-0.2, -0.15) is 0 Å². The van der Waals surface area contributed by atoms with E-state index in [-0.39, 0.29) is 24.9 Å². The van der Waals surface area contributed by atoms with Crippen LogP contribution in [0.4, 0.5) is 0 Å². The minimum Gasteiger partial charge on any atom is -0.484 e. The van der Waals surface area contributed by atoms with Gasteiger partial charge in [0.25, 0.3) is 5.91 Å². The van der Waals surface area contributed by atoms with Crippen LogP contribution in [0.5, 0.6) is 5.75 Å². The molecule has 0 atom stereocenters. The smallest absolute Gasteiger partial charge is 0.257 e. The van der Waals surface area contributed by atoms with Gasteiger partial charge >= 0.3 is 0 Å². The summed E-state index contributed by atoms with van der Waals surface area (Å²) < 4.78 is 5.39. The van der Waals surface area contributed by atoms with Gasteiger partial charge < -0.3 is 15.8 Å². The summed E-state index contributed by atoms with van der Waals surface area (Å²) in [6, 6.07) is 7.82. The van der Waals surface area contributed by atoms with Crippen LogP contribution in [-0.2, 0) is 4.79 Å². The maximum atomic E-state index is 11.4. The van der Waals surface area contributed by atoms with Crippen LogP contribution in [0.2, 0.25) is 0 Å². The molecule has 1 rings (SSSR count). The van der Waals surface area contributed by atoms with E-state index in [0.717, 1.165) is 6.42 Å². The minimum atomic E-state index is -0.114. The zero-order valence-electron chi connectivity index (χ0n) is 11.5. The summed E-state index contributed by atoms with van der Waals surface area (Å²) in [5, 5.41) is 2.74. The number of benzene rings is 1. The van der Waals surface area contributed by atoms with E-state index in [1.807, 2.05) is 24.3 Å². The van der Waals surface area contributed by atoms with Crippen molar-refractivity contribution in [1.29, 1.82) is 0 Å². The predicted molar refractivity (Wildman–Crippen MR) is 80.0 cm³/mol. The summed E-state index contributed by atoms with van der Waals surface area (Å²) in [5.41, 5.74) is 6.59. The Bertz CT molecular complexity index is 366. The molecule has 19 heavy (non-hydrogen) atoms. The van der Waals surface area contributed by atoms with E-state index in [0.29, 0.717) is 24.8 Å². The largest absolute Gasteiger partial charge is 0.484 e. The SMILES string of the molecule is CC(C)c1ccc(OCC(=O)NCCCN)cc1.Cl. The van der Waals surface area contributed by atoms with Gasteiger partial charge in [-0.1, -0.05) is 26.0 Å². The quantitative estimate of drug-likeness (QED) is 0.754. The van der Waals surface area contributed by atoms with Gasteiger partial charge in [-0.05, 0) is 36.6 Å². The summed E-state index contributed by atoms with van der Waals surface area (Å²) >= 11 is 0. The van der Waals surface area contributed by atoms with Crippen LogP contribution in [-0.4, -0.2) is 25.6 Å². The highest BCUT2D eigenvalue weighted by molar-refractivity contribution is 5.85. The number of ether oxygens (including phenoxy) is 1. The fourth-order valence-electron chi connectivity index (χ4n) is 1.48. The number of nitrogens with one attached hydrogen (secondary N) is 1. The molecule has 0 aliphatic carbocycles. The van der Waals surface area contributed by atoms with E-state index in [2.05, 4.69) is 19.2 Å². The molecule has 0 radical (unpaired) electrons. The van der Waals surface area contributed by atoms with Crippen molar-refractivity contribution in [3.05, 3.63) is 29.8 Å². The number of carbonyl (C=O) groups excluding carboxylic acids is 1. The van der Waals surface area contributed by atoms with Gasteiger partial charge in [0.1, 0.15) is 5.75 Å². The summed E-state index contributed by atoms with van der Waals surface area (Å²) in [6.07, 6.45) is 0.787. The van der Waals surface area contributed by atoms with E-state index in [1.54, 1.807) is 0 Å². The maximum Gasteiger partial charge on any atom is 0.257 e. The number of amides is 1. The second-order valence-corrected chi connectivity index (χ2v) is 4.50. The standard InChI is InChI=1S/C14H22N2O2.ClH/c1-11(2)12-4-6-13(7-5-12)18-10-14(17)16-9-3-8-15;/h4-7,11H,3,8-10,15H2,1-2H3,(H,16,17);1H. The number of halogens is 1. The molecular formula is C14H23ClN2O2. The van der Waals surface area contributed by atoms with Crippen molar-refractivity contribution >= 4 is 18.3 Å². The van der Waals surface area contributed by atoms with Crippen LogP contribution >= 0.6 is 12.4 Å². The normalized spacial score (nSPS) is 9.89. The van der Waals surface area contributed by atoms with Crippen LogP contribution < -0.4 is 15.8 Å². The van der Waals surface area contributed by atoms with Gasteiger partial charge in [0.05, 0.1) is 0 Å². The molecule has 0 bridgehead atoms. The first kappa shape index (κ1) is 17.7. The molecule has 1 aromatic rings. The highest BCUT2D eigenvalue weighted by Crippen LogP contribution is 2.18. The Labute approximate surface area is 121 Å². The average molecular weight is 287 g/mol. The molecule has 0 unspecified atom stereocenters. The lowest BCUT2D eigenvalue weighted by Crippen LogP contribution is -2.30. The van der Waals surface area contributed by atoms with Crippen molar-refractivity contribution in [3.8, 4) is 5.75 Å². The zero-order chi connectivity index (χ0) is 13.4. The van der Waals surface area contributed by atoms with Gasteiger partial charge in [-0.3, -0.25) is 4.79 Å². The van der Waals surface area contributed by atoms with Gasteiger partial charge in [-0.15, -0.1) is 12.4 Å². The minimum absolute atomic E-state index is 0. The molecule has 0 aromatic heterocycles. The zero-order valence-corrected chi connectivity index (χ0v) is 12.3. The van der Waals surface area contributed by atoms with Crippen LogP contribution in [0.25, 0.3) is 0 Å². The van der Waals surface area contributed by atoms with Gasteiger partial charge in [0.2, 0.25) is 0 Å². The number of hydrogen-bond acceptors (Lipinski definition) is 3. The third-order valence-corrected chi connectivity index (χ3v) is 2.62. The number of nitrogens with two attached hydrogens (primary N) is 1. The fraction of sp³-hybridized carbons (Fsp3) is 0.500. The molecule has 5 heteroatoms.